The Morgan fingerprint density at radius 3 is 2.92 bits per heavy atom. The number of ether oxygens (including phenoxy) is 1. The minimum atomic E-state index is -0.277. The van der Waals surface area contributed by atoms with E-state index in [0.29, 0.717) is 5.92 Å². The molecule has 1 N–H and O–H groups in total. The molecule has 4 heteroatoms. The Bertz CT molecular complexity index is 569. The molecule has 0 spiro atoms. The highest BCUT2D eigenvalue weighted by Crippen LogP contribution is 2.44. The lowest BCUT2D eigenvalue weighted by atomic mass is 9.63. The molecule has 1 saturated heterocycles. The number of nitrogens with zero attached hydrogens (tertiary/aromatic N) is 1. The van der Waals surface area contributed by atoms with Crippen molar-refractivity contribution in [2.75, 3.05) is 39.9 Å². The van der Waals surface area contributed by atoms with Gasteiger partial charge in [0.15, 0.2) is 0 Å². The highest BCUT2D eigenvalue weighted by molar-refractivity contribution is 5.89. The van der Waals surface area contributed by atoms with Crippen molar-refractivity contribution in [1.82, 2.24) is 10.2 Å². The molecule has 1 aliphatic heterocycles. The van der Waals surface area contributed by atoms with Gasteiger partial charge in [0, 0.05) is 26.7 Å². The van der Waals surface area contributed by atoms with Crippen LogP contribution in [-0.2, 0) is 14.9 Å². The molecule has 132 valence electrons. The highest BCUT2D eigenvalue weighted by Gasteiger charge is 2.45. The smallest absolute Gasteiger partial charge is 0.230 e. The van der Waals surface area contributed by atoms with Crippen molar-refractivity contribution in [2.45, 2.75) is 38.0 Å². The Kier molecular flexibility index (Phi) is 5.57. The third-order valence-electron chi connectivity index (χ3n) is 5.75. The molecule has 0 radical (unpaired) electrons. The Morgan fingerprint density at radius 1 is 1.42 bits per heavy atom. The van der Waals surface area contributed by atoms with Crippen molar-refractivity contribution in [3.63, 3.8) is 0 Å². The standard InChI is InChI=1S/C20H30N2O2/c1-16-5-3-6-18(13-16)20(8-4-9-20)19(23)21-14-17-7-10-22(15-17)11-12-24-2/h3,5-6,13,17H,4,7-12,14-15H2,1-2H3,(H,21,23)/t17-/m0/s1. The second-order valence-electron chi connectivity index (χ2n) is 7.46. The van der Waals surface area contributed by atoms with Gasteiger partial charge in [-0.2, -0.15) is 0 Å². The van der Waals surface area contributed by atoms with Crippen LogP contribution < -0.4 is 5.32 Å². The summed E-state index contributed by atoms with van der Waals surface area (Å²) in [5, 5.41) is 3.27. The summed E-state index contributed by atoms with van der Waals surface area (Å²) in [5.74, 6) is 0.801. The Labute approximate surface area is 145 Å². The predicted octanol–water partition coefficient (Wildman–Crippen LogP) is 2.50. The molecular formula is C20H30N2O2. The van der Waals surface area contributed by atoms with Gasteiger partial charge < -0.3 is 15.0 Å². The number of amides is 1. The van der Waals surface area contributed by atoms with Crippen molar-refractivity contribution in [1.29, 1.82) is 0 Å². The number of likely N-dealkylation sites (tertiary alicyclic amines) is 1. The second-order valence-corrected chi connectivity index (χ2v) is 7.46. The molecule has 1 aromatic rings. The van der Waals surface area contributed by atoms with E-state index in [2.05, 4.69) is 41.4 Å². The maximum absolute atomic E-state index is 12.9. The minimum Gasteiger partial charge on any atom is -0.383 e. The lowest BCUT2D eigenvalue weighted by Gasteiger charge is -2.41. The third kappa shape index (κ3) is 3.65. The predicted molar refractivity (Wildman–Crippen MR) is 96.1 cm³/mol. The van der Waals surface area contributed by atoms with E-state index in [0.717, 1.165) is 52.0 Å². The molecule has 24 heavy (non-hydrogen) atoms. The molecule has 1 aliphatic carbocycles. The van der Waals surface area contributed by atoms with Crippen LogP contribution in [0.5, 0.6) is 0 Å². The fraction of sp³-hybridized carbons (Fsp3) is 0.650. The van der Waals surface area contributed by atoms with Crippen molar-refractivity contribution in [3.05, 3.63) is 35.4 Å². The van der Waals surface area contributed by atoms with Crippen molar-refractivity contribution < 1.29 is 9.53 Å². The van der Waals surface area contributed by atoms with Crippen LogP contribution in [0.1, 0.15) is 36.8 Å². The SMILES string of the molecule is COCCN1CC[C@@H](CNC(=O)C2(c3cccc(C)c3)CCC2)C1. The first-order valence-electron chi connectivity index (χ1n) is 9.21. The quantitative estimate of drug-likeness (QED) is 0.835. The van der Waals surface area contributed by atoms with Gasteiger partial charge in [-0.3, -0.25) is 4.79 Å². The van der Waals surface area contributed by atoms with Crippen LogP contribution in [0, 0.1) is 12.8 Å². The molecule has 0 bridgehead atoms. The average molecular weight is 330 g/mol. The van der Waals surface area contributed by atoms with Crippen molar-refractivity contribution in [2.24, 2.45) is 5.92 Å². The first kappa shape index (κ1) is 17.4. The van der Waals surface area contributed by atoms with Gasteiger partial charge in [0.1, 0.15) is 0 Å². The van der Waals surface area contributed by atoms with Crippen LogP contribution in [0.25, 0.3) is 0 Å². The number of carbonyl (C=O) groups is 1. The van der Waals surface area contributed by atoms with Gasteiger partial charge in [-0.15, -0.1) is 0 Å². The largest absolute Gasteiger partial charge is 0.383 e. The molecule has 1 saturated carbocycles. The number of nitrogens with one attached hydrogen (secondary N) is 1. The maximum atomic E-state index is 12.9. The number of aryl methyl sites for hydroxylation is 1. The fourth-order valence-electron chi connectivity index (χ4n) is 4.03. The van der Waals surface area contributed by atoms with E-state index >= 15 is 0 Å². The van der Waals surface area contributed by atoms with Crippen molar-refractivity contribution in [3.8, 4) is 0 Å². The number of hydrogen-bond donors (Lipinski definition) is 1. The number of rotatable bonds is 7. The number of benzene rings is 1. The monoisotopic (exact) mass is 330 g/mol. The minimum absolute atomic E-state index is 0.231. The van der Waals surface area contributed by atoms with Crippen LogP contribution in [0.3, 0.4) is 0 Å². The zero-order chi connectivity index (χ0) is 17.0. The average Bonchev–Trinajstić information content (AvgIpc) is 2.98. The molecule has 0 unspecified atom stereocenters. The fourth-order valence-corrected chi connectivity index (χ4v) is 4.03. The summed E-state index contributed by atoms with van der Waals surface area (Å²) in [4.78, 5) is 15.4. The van der Waals surface area contributed by atoms with Crippen LogP contribution in [-0.4, -0.2) is 50.7 Å². The van der Waals surface area contributed by atoms with Gasteiger partial charge in [-0.25, -0.2) is 0 Å². The number of carbonyl (C=O) groups excluding carboxylic acids is 1. The van der Waals surface area contributed by atoms with E-state index in [1.807, 2.05) is 0 Å². The first-order valence-corrected chi connectivity index (χ1v) is 9.21. The summed E-state index contributed by atoms with van der Waals surface area (Å²) in [6.07, 6.45) is 4.27. The molecule has 2 aliphatic rings. The topological polar surface area (TPSA) is 41.6 Å². The molecule has 3 rings (SSSR count). The van der Waals surface area contributed by atoms with E-state index in [4.69, 9.17) is 4.74 Å². The first-order chi connectivity index (χ1) is 11.6. The molecule has 1 atom stereocenters. The maximum Gasteiger partial charge on any atom is 0.230 e. The van der Waals surface area contributed by atoms with E-state index in [9.17, 15) is 4.79 Å². The number of hydrogen-bond acceptors (Lipinski definition) is 3. The molecular weight excluding hydrogens is 300 g/mol. The van der Waals surface area contributed by atoms with Gasteiger partial charge in [0.05, 0.1) is 12.0 Å². The zero-order valence-corrected chi connectivity index (χ0v) is 15.0. The van der Waals surface area contributed by atoms with Crippen LogP contribution in [0.15, 0.2) is 24.3 Å². The van der Waals surface area contributed by atoms with Gasteiger partial charge in [-0.05, 0) is 44.2 Å². The van der Waals surface area contributed by atoms with Gasteiger partial charge in [0.25, 0.3) is 0 Å². The van der Waals surface area contributed by atoms with Crippen LogP contribution in [0.2, 0.25) is 0 Å². The van der Waals surface area contributed by atoms with E-state index in [1.54, 1.807) is 7.11 Å². The Morgan fingerprint density at radius 2 is 2.25 bits per heavy atom. The van der Waals surface area contributed by atoms with E-state index in [1.165, 1.54) is 17.5 Å². The summed E-state index contributed by atoms with van der Waals surface area (Å²) in [6.45, 7) is 6.87. The van der Waals surface area contributed by atoms with Crippen LogP contribution >= 0.6 is 0 Å². The summed E-state index contributed by atoms with van der Waals surface area (Å²) < 4.78 is 5.15. The Balaban J connectivity index is 1.55. The lowest BCUT2D eigenvalue weighted by molar-refractivity contribution is -0.130. The summed E-state index contributed by atoms with van der Waals surface area (Å²) in [7, 11) is 1.75. The molecule has 0 aromatic heterocycles. The molecule has 1 aromatic carbocycles. The zero-order valence-electron chi connectivity index (χ0n) is 15.0. The third-order valence-corrected chi connectivity index (χ3v) is 5.75. The Hall–Kier alpha value is -1.39. The van der Waals surface area contributed by atoms with Gasteiger partial charge in [0.2, 0.25) is 5.91 Å². The van der Waals surface area contributed by atoms with Crippen molar-refractivity contribution >= 4 is 5.91 Å². The highest BCUT2D eigenvalue weighted by atomic mass is 16.5. The van der Waals surface area contributed by atoms with Gasteiger partial charge in [-0.1, -0.05) is 36.2 Å². The molecule has 1 heterocycles. The van der Waals surface area contributed by atoms with E-state index < -0.39 is 0 Å². The summed E-state index contributed by atoms with van der Waals surface area (Å²) in [6, 6.07) is 8.47. The molecule has 2 fully saturated rings. The lowest BCUT2D eigenvalue weighted by Crippen LogP contribution is -2.50. The van der Waals surface area contributed by atoms with Crippen LogP contribution in [0.4, 0.5) is 0 Å². The normalized spacial score (nSPS) is 23.0. The molecule has 1 amide bonds. The summed E-state index contributed by atoms with van der Waals surface area (Å²) >= 11 is 0. The van der Waals surface area contributed by atoms with E-state index in [-0.39, 0.29) is 11.3 Å². The number of methoxy groups -OCH3 is 1. The van der Waals surface area contributed by atoms with Gasteiger partial charge >= 0.3 is 0 Å². The second kappa shape index (κ2) is 7.66. The molecule has 4 nitrogen and oxygen atoms in total. The summed E-state index contributed by atoms with van der Waals surface area (Å²) in [5.41, 5.74) is 2.15.